The Labute approximate surface area is 124 Å². The smallest absolute Gasteiger partial charge is 0.338 e. The molecule has 1 aromatic rings. The number of carboxylic acid groups (broad SMARTS) is 1. The van der Waals surface area contributed by atoms with Crippen molar-refractivity contribution in [3.63, 3.8) is 0 Å². The number of aryl methyl sites for hydroxylation is 1. The van der Waals surface area contributed by atoms with Crippen molar-refractivity contribution in [2.24, 2.45) is 0 Å². The number of hydrogen-bond acceptors (Lipinski definition) is 4. The van der Waals surface area contributed by atoms with Crippen molar-refractivity contribution < 1.29 is 23.4 Å². The van der Waals surface area contributed by atoms with E-state index in [1.165, 1.54) is 10.4 Å². The van der Waals surface area contributed by atoms with E-state index in [4.69, 9.17) is 5.11 Å². The Bertz CT molecular complexity index is 577. The van der Waals surface area contributed by atoms with Crippen LogP contribution < -0.4 is 4.31 Å². The molecule has 1 heterocycles. The van der Waals surface area contributed by atoms with Gasteiger partial charge in [-0.2, -0.15) is 0 Å². The molecule has 0 unspecified atom stereocenters. The first-order chi connectivity index (χ1) is 9.79. The summed E-state index contributed by atoms with van der Waals surface area (Å²) in [5, 5.41) is 9.17. The van der Waals surface area contributed by atoms with Gasteiger partial charge in [0.15, 0.2) is 5.82 Å². The molecule has 0 atom stereocenters. The van der Waals surface area contributed by atoms with Gasteiger partial charge in [-0.25, -0.2) is 9.18 Å². The van der Waals surface area contributed by atoms with Gasteiger partial charge in [0.25, 0.3) is 0 Å². The second-order valence-electron chi connectivity index (χ2n) is 5.22. The first-order valence-corrected chi connectivity index (χ1v) is 8.55. The maximum absolute atomic E-state index is 14.6. The monoisotopic (exact) mass is 317 g/mol. The van der Waals surface area contributed by atoms with Crippen LogP contribution in [0.3, 0.4) is 0 Å². The summed E-state index contributed by atoms with van der Waals surface area (Å²) in [4.78, 5) is 11.2. The predicted octanol–water partition coefficient (Wildman–Crippen LogP) is 3.66. The number of aromatic carboxylic acids is 1. The van der Waals surface area contributed by atoms with E-state index in [0.717, 1.165) is 12.0 Å². The molecule has 2 rings (SSSR count). The summed E-state index contributed by atoms with van der Waals surface area (Å²) in [6, 6.07) is 1.35. The average molecular weight is 317 g/mol. The molecule has 0 aromatic heterocycles. The molecule has 0 saturated carbocycles. The Morgan fingerprint density at radius 3 is 2.62 bits per heavy atom. The lowest BCUT2D eigenvalue weighted by Crippen LogP contribution is -2.25. The number of carbonyl (C=O) groups is 1. The molecule has 0 aliphatic carbocycles. The van der Waals surface area contributed by atoms with Gasteiger partial charge < -0.3 is 5.11 Å². The SMILES string of the molecule is CCCc1cc(C(=O)O)c(F)c(N2CCCS2(O)O)c1C. The zero-order valence-electron chi connectivity index (χ0n) is 12.1. The summed E-state index contributed by atoms with van der Waals surface area (Å²) in [5.74, 6) is -2.05. The largest absolute Gasteiger partial charge is 0.478 e. The number of hydrogen-bond donors (Lipinski definition) is 3. The van der Waals surface area contributed by atoms with Crippen LogP contribution in [-0.2, 0) is 6.42 Å². The Hall–Kier alpha value is -1.31. The van der Waals surface area contributed by atoms with Gasteiger partial charge in [-0.05, 0) is 37.0 Å². The maximum Gasteiger partial charge on any atom is 0.338 e. The molecule has 1 fully saturated rings. The minimum absolute atomic E-state index is 0.0239. The molecule has 3 N–H and O–H groups in total. The van der Waals surface area contributed by atoms with Crippen molar-refractivity contribution in [3.05, 3.63) is 28.6 Å². The summed E-state index contributed by atoms with van der Waals surface area (Å²) in [6.07, 6.45) is 1.95. The highest BCUT2D eigenvalue weighted by molar-refractivity contribution is 8.25. The zero-order valence-corrected chi connectivity index (χ0v) is 12.9. The van der Waals surface area contributed by atoms with E-state index in [1.807, 2.05) is 6.92 Å². The lowest BCUT2D eigenvalue weighted by molar-refractivity contribution is 0.0691. The van der Waals surface area contributed by atoms with Crippen molar-refractivity contribution in [3.8, 4) is 0 Å². The molecule has 0 amide bonds. The molecule has 0 bridgehead atoms. The number of carboxylic acids is 1. The van der Waals surface area contributed by atoms with Crippen LogP contribution in [0.5, 0.6) is 0 Å². The molecular weight excluding hydrogens is 297 g/mol. The quantitative estimate of drug-likeness (QED) is 0.789. The van der Waals surface area contributed by atoms with Crippen LogP contribution in [0.15, 0.2) is 6.07 Å². The van der Waals surface area contributed by atoms with Crippen LogP contribution >= 0.6 is 10.8 Å². The fourth-order valence-electron chi connectivity index (χ4n) is 2.69. The van der Waals surface area contributed by atoms with Gasteiger partial charge >= 0.3 is 5.97 Å². The van der Waals surface area contributed by atoms with Crippen LogP contribution in [0, 0.1) is 12.7 Å². The van der Waals surface area contributed by atoms with Crippen molar-refractivity contribution in [2.45, 2.75) is 33.1 Å². The first kappa shape index (κ1) is 16.1. The first-order valence-electron chi connectivity index (χ1n) is 6.88. The average Bonchev–Trinajstić information content (AvgIpc) is 2.73. The van der Waals surface area contributed by atoms with Gasteiger partial charge in [0, 0.05) is 6.54 Å². The third kappa shape index (κ3) is 2.86. The van der Waals surface area contributed by atoms with Crippen LogP contribution in [-0.4, -0.2) is 32.5 Å². The zero-order chi connectivity index (χ0) is 15.8. The minimum atomic E-state index is -3.06. The second kappa shape index (κ2) is 5.82. The number of rotatable bonds is 4. The highest BCUT2D eigenvalue weighted by atomic mass is 32.3. The van der Waals surface area contributed by atoms with Crippen molar-refractivity contribution in [1.82, 2.24) is 0 Å². The van der Waals surface area contributed by atoms with E-state index in [9.17, 15) is 18.3 Å². The summed E-state index contributed by atoms with van der Waals surface area (Å²) in [6.45, 7) is 3.96. The van der Waals surface area contributed by atoms with Crippen LogP contribution in [0.4, 0.5) is 10.1 Å². The lowest BCUT2D eigenvalue weighted by Gasteiger charge is -2.39. The van der Waals surface area contributed by atoms with Gasteiger partial charge in [0.05, 0.1) is 17.0 Å². The van der Waals surface area contributed by atoms with Gasteiger partial charge in [-0.1, -0.05) is 13.3 Å². The predicted molar refractivity (Wildman–Crippen MR) is 81.8 cm³/mol. The van der Waals surface area contributed by atoms with Crippen LogP contribution in [0.2, 0.25) is 0 Å². The highest BCUT2D eigenvalue weighted by Crippen LogP contribution is 2.53. The van der Waals surface area contributed by atoms with Crippen molar-refractivity contribution >= 4 is 22.4 Å². The Morgan fingerprint density at radius 1 is 1.48 bits per heavy atom. The van der Waals surface area contributed by atoms with E-state index < -0.39 is 28.1 Å². The molecule has 7 heteroatoms. The minimum Gasteiger partial charge on any atom is -0.478 e. The van der Waals surface area contributed by atoms with E-state index in [2.05, 4.69) is 0 Å². The lowest BCUT2D eigenvalue weighted by atomic mass is 9.98. The topological polar surface area (TPSA) is 81.0 Å². The molecular formula is C14H20FNO4S. The van der Waals surface area contributed by atoms with E-state index in [0.29, 0.717) is 24.9 Å². The molecule has 21 heavy (non-hydrogen) atoms. The van der Waals surface area contributed by atoms with E-state index in [-0.39, 0.29) is 11.4 Å². The molecule has 0 spiro atoms. The van der Waals surface area contributed by atoms with Crippen molar-refractivity contribution in [2.75, 3.05) is 16.6 Å². The number of halogens is 1. The molecule has 1 aromatic carbocycles. The van der Waals surface area contributed by atoms with Crippen LogP contribution in [0.25, 0.3) is 0 Å². The fourth-order valence-corrected chi connectivity index (χ4v) is 4.36. The molecule has 1 aliphatic heterocycles. The maximum atomic E-state index is 14.6. The number of nitrogens with zero attached hydrogens (tertiary/aromatic N) is 1. The Kier molecular flexibility index (Phi) is 4.46. The second-order valence-corrected chi connectivity index (χ2v) is 7.33. The van der Waals surface area contributed by atoms with E-state index in [1.54, 1.807) is 6.92 Å². The Morgan fingerprint density at radius 2 is 2.14 bits per heavy atom. The third-order valence-corrected chi connectivity index (χ3v) is 5.64. The molecule has 0 radical (unpaired) electrons. The van der Waals surface area contributed by atoms with Gasteiger partial charge in [0.1, 0.15) is 0 Å². The summed E-state index contributed by atoms with van der Waals surface area (Å²) < 4.78 is 35.9. The Balaban J connectivity index is 2.65. The summed E-state index contributed by atoms with van der Waals surface area (Å²) >= 11 is 0. The number of anilines is 1. The van der Waals surface area contributed by atoms with Gasteiger partial charge in [-0.3, -0.25) is 13.4 Å². The molecule has 1 saturated heterocycles. The van der Waals surface area contributed by atoms with E-state index >= 15 is 0 Å². The van der Waals surface area contributed by atoms with Gasteiger partial charge in [0.2, 0.25) is 0 Å². The van der Waals surface area contributed by atoms with Gasteiger partial charge in [-0.15, -0.1) is 10.8 Å². The molecule has 5 nitrogen and oxygen atoms in total. The number of benzene rings is 1. The van der Waals surface area contributed by atoms with Crippen LogP contribution in [0.1, 0.15) is 41.3 Å². The van der Waals surface area contributed by atoms with Crippen molar-refractivity contribution in [1.29, 1.82) is 0 Å². The molecule has 118 valence electrons. The molecule has 1 aliphatic rings. The summed E-state index contributed by atoms with van der Waals surface area (Å²) in [7, 11) is -3.06. The third-order valence-electron chi connectivity index (χ3n) is 3.73. The highest BCUT2D eigenvalue weighted by Gasteiger charge is 2.34. The fraction of sp³-hybridized carbons (Fsp3) is 0.500. The summed E-state index contributed by atoms with van der Waals surface area (Å²) in [5.41, 5.74) is 0.923. The normalized spacial score (nSPS) is 18.8. The standard InChI is InChI=1S/C14H20FNO4S/c1-3-5-10-8-11(14(17)18)12(15)13(9(10)2)16-6-4-7-21(16,19)20/h8,19-20H,3-7H2,1-2H3,(H,17,18).